The van der Waals surface area contributed by atoms with Crippen molar-refractivity contribution >= 4 is 22.8 Å². The van der Waals surface area contributed by atoms with Crippen LogP contribution in [0.25, 0.3) is 5.65 Å². The second-order valence-corrected chi connectivity index (χ2v) is 5.92. The molecule has 0 unspecified atom stereocenters. The summed E-state index contributed by atoms with van der Waals surface area (Å²) in [5.41, 5.74) is 2.03. The van der Waals surface area contributed by atoms with Gasteiger partial charge < -0.3 is 4.90 Å². The lowest BCUT2D eigenvalue weighted by Gasteiger charge is -2.27. The van der Waals surface area contributed by atoms with Crippen molar-refractivity contribution in [2.24, 2.45) is 0 Å². The van der Waals surface area contributed by atoms with Gasteiger partial charge in [0, 0.05) is 30.2 Å². The molecule has 0 saturated carbocycles. The molecule has 0 radical (unpaired) electrons. The lowest BCUT2D eigenvalue weighted by atomic mass is 10.1. The van der Waals surface area contributed by atoms with E-state index >= 15 is 0 Å². The van der Waals surface area contributed by atoms with Crippen molar-refractivity contribution in [3.05, 3.63) is 62.7 Å². The number of anilines is 1. The second-order valence-electron chi connectivity index (χ2n) is 4.92. The Hall–Kier alpha value is -2.14. The molecule has 5 heteroatoms. The molecule has 0 aliphatic carbocycles. The Morgan fingerprint density at radius 3 is 3.15 bits per heavy atom. The van der Waals surface area contributed by atoms with Gasteiger partial charge in [0.25, 0.3) is 5.56 Å². The molecule has 0 atom stereocenters. The minimum atomic E-state index is -0.0262. The molecule has 0 bridgehead atoms. The quantitative estimate of drug-likeness (QED) is 0.688. The van der Waals surface area contributed by atoms with Crippen molar-refractivity contribution in [2.75, 3.05) is 11.4 Å². The van der Waals surface area contributed by atoms with Crippen LogP contribution in [0.5, 0.6) is 0 Å². The predicted octanol–water partition coefficient (Wildman–Crippen LogP) is 2.32. The third kappa shape index (κ3) is 1.82. The van der Waals surface area contributed by atoms with E-state index in [2.05, 4.69) is 21.3 Å². The van der Waals surface area contributed by atoms with Crippen LogP contribution in [0.1, 0.15) is 10.4 Å². The average molecular weight is 283 g/mol. The van der Waals surface area contributed by atoms with Gasteiger partial charge in [0.1, 0.15) is 11.5 Å². The Bertz CT molecular complexity index is 836. The zero-order valence-electron chi connectivity index (χ0n) is 10.8. The van der Waals surface area contributed by atoms with Crippen LogP contribution in [0.4, 0.5) is 5.82 Å². The molecule has 0 N–H and O–H groups in total. The van der Waals surface area contributed by atoms with Crippen molar-refractivity contribution in [1.82, 2.24) is 9.38 Å². The lowest BCUT2D eigenvalue weighted by molar-refractivity contribution is 0.730. The van der Waals surface area contributed by atoms with Gasteiger partial charge in [0.05, 0.1) is 0 Å². The molecule has 100 valence electrons. The van der Waals surface area contributed by atoms with Gasteiger partial charge in [-0.3, -0.25) is 9.20 Å². The van der Waals surface area contributed by atoms with E-state index in [0.717, 1.165) is 25.3 Å². The summed E-state index contributed by atoms with van der Waals surface area (Å²) in [5.74, 6) is 0.776. The largest absolute Gasteiger partial charge is 0.352 e. The van der Waals surface area contributed by atoms with Gasteiger partial charge in [-0.1, -0.05) is 6.07 Å². The first kappa shape index (κ1) is 11.7. The number of pyridine rings is 1. The number of aromatic nitrogens is 2. The average Bonchev–Trinajstić information content (AvgIpc) is 2.94. The highest BCUT2D eigenvalue weighted by Gasteiger charge is 2.19. The van der Waals surface area contributed by atoms with Gasteiger partial charge in [0.2, 0.25) is 0 Å². The third-order valence-corrected chi connectivity index (χ3v) is 4.71. The summed E-state index contributed by atoms with van der Waals surface area (Å²) in [7, 11) is 0. The molecule has 20 heavy (non-hydrogen) atoms. The maximum Gasteiger partial charge on any atom is 0.259 e. The number of thiophene rings is 1. The van der Waals surface area contributed by atoms with Gasteiger partial charge >= 0.3 is 0 Å². The molecular formula is C15H13N3OS. The van der Waals surface area contributed by atoms with Crippen LogP contribution >= 0.6 is 11.3 Å². The summed E-state index contributed by atoms with van der Waals surface area (Å²) in [6.45, 7) is 1.76. The maximum atomic E-state index is 12.1. The van der Waals surface area contributed by atoms with Gasteiger partial charge in [-0.15, -0.1) is 11.3 Å². The van der Waals surface area contributed by atoms with Crippen molar-refractivity contribution in [1.29, 1.82) is 0 Å². The van der Waals surface area contributed by atoms with Crippen LogP contribution in [-0.4, -0.2) is 15.9 Å². The van der Waals surface area contributed by atoms with Crippen molar-refractivity contribution in [3.63, 3.8) is 0 Å². The fourth-order valence-corrected chi connectivity index (χ4v) is 3.54. The number of fused-ring (bicyclic) bond motifs is 2. The fraction of sp³-hybridized carbons (Fsp3) is 0.200. The first-order valence-electron chi connectivity index (χ1n) is 6.60. The summed E-state index contributed by atoms with van der Waals surface area (Å²) in [6.07, 6.45) is 2.78. The van der Waals surface area contributed by atoms with Gasteiger partial charge in [0.15, 0.2) is 0 Å². The van der Waals surface area contributed by atoms with Crippen LogP contribution < -0.4 is 10.5 Å². The standard InChI is InChI=1S/C15H13N3OS/c19-15-9-14(16-13-3-1-2-6-18(13)15)17-7-4-12-11(10-17)5-8-20-12/h1-3,5-6,8-9H,4,7,10H2. The smallest absolute Gasteiger partial charge is 0.259 e. The van der Waals surface area contributed by atoms with Crippen LogP contribution in [0.2, 0.25) is 0 Å². The number of rotatable bonds is 1. The Labute approximate surface area is 119 Å². The van der Waals surface area contributed by atoms with E-state index in [-0.39, 0.29) is 5.56 Å². The highest BCUT2D eigenvalue weighted by molar-refractivity contribution is 7.10. The Morgan fingerprint density at radius 2 is 2.20 bits per heavy atom. The Balaban J connectivity index is 1.78. The zero-order valence-corrected chi connectivity index (χ0v) is 11.6. The SMILES string of the molecule is O=c1cc(N2CCc3sccc3C2)nc2ccccn12. The third-order valence-electron chi connectivity index (χ3n) is 3.69. The van der Waals surface area contributed by atoms with Gasteiger partial charge in [-0.05, 0) is 35.6 Å². The van der Waals surface area contributed by atoms with Gasteiger partial charge in [-0.25, -0.2) is 4.98 Å². The van der Waals surface area contributed by atoms with Crippen LogP contribution in [0.3, 0.4) is 0 Å². The molecule has 3 aromatic rings. The minimum Gasteiger partial charge on any atom is -0.352 e. The summed E-state index contributed by atoms with van der Waals surface area (Å²) in [5, 5.41) is 2.14. The number of nitrogens with zero attached hydrogens (tertiary/aromatic N) is 3. The number of hydrogen-bond donors (Lipinski definition) is 0. The highest BCUT2D eigenvalue weighted by atomic mass is 32.1. The van der Waals surface area contributed by atoms with Crippen molar-refractivity contribution in [2.45, 2.75) is 13.0 Å². The topological polar surface area (TPSA) is 37.6 Å². The van der Waals surface area contributed by atoms with Crippen molar-refractivity contribution in [3.8, 4) is 0 Å². The lowest BCUT2D eigenvalue weighted by Crippen LogP contribution is -2.31. The Kier molecular flexibility index (Phi) is 2.60. The summed E-state index contributed by atoms with van der Waals surface area (Å²) in [6, 6.07) is 9.41. The van der Waals surface area contributed by atoms with E-state index in [1.165, 1.54) is 10.4 Å². The fourth-order valence-electron chi connectivity index (χ4n) is 2.65. The monoisotopic (exact) mass is 283 g/mol. The highest BCUT2D eigenvalue weighted by Crippen LogP contribution is 2.26. The van der Waals surface area contributed by atoms with Crippen LogP contribution in [0, 0.1) is 0 Å². The summed E-state index contributed by atoms with van der Waals surface area (Å²) >= 11 is 1.82. The summed E-state index contributed by atoms with van der Waals surface area (Å²) < 4.78 is 1.57. The molecule has 0 aromatic carbocycles. The zero-order chi connectivity index (χ0) is 13.5. The van der Waals surface area contributed by atoms with E-state index in [4.69, 9.17) is 0 Å². The number of hydrogen-bond acceptors (Lipinski definition) is 4. The molecule has 0 fully saturated rings. The first-order valence-corrected chi connectivity index (χ1v) is 7.48. The molecule has 3 aromatic heterocycles. The van der Waals surface area contributed by atoms with Crippen LogP contribution in [0.15, 0.2) is 46.7 Å². The molecule has 0 saturated heterocycles. The van der Waals surface area contributed by atoms with E-state index in [9.17, 15) is 4.79 Å². The van der Waals surface area contributed by atoms with E-state index in [0.29, 0.717) is 5.65 Å². The maximum absolute atomic E-state index is 12.1. The molecule has 1 aliphatic heterocycles. The van der Waals surface area contributed by atoms with Crippen LogP contribution in [-0.2, 0) is 13.0 Å². The van der Waals surface area contributed by atoms with E-state index < -0.39 is 0 Å². The molecule has 4 heterocycles. The van der Waals surface area contributed by atoms with Crippen molar-refractivity contribution < 1.29 is 0 Å². The second kappa shape index (κ2) is 4.45. The molecule has 0 spiro atoms. The minimum absolute atomic E-state index is 0.0262. The molecule has 4 nitrogen and oxygen atoms in total. The van der Waals surface area contributed by atoms with E-state index in [1.807, 2.05) is 29.5 Å². The molecule has 1 aliphatic rings. The first-order chi connectivity index (χ1) is 9.81. The molecule has 0 amide bonds. The summed E-state index contributed by atoms with van der Waals surface area (Å²) in [4.78, 5) is 20.4. The Morgan fingerprint density at radius 1 is 1.25 bits per heavy atom. The molecular weight excluding hydrogens is 270 g/mol. The predicted molar refractivity (Wildman–Crippen MR) is 80.5 cm³/mol. The normalized spacial score (nSPS) is 14.5. The van der Waals surface area contributed by atoms with E-state index in [1.54, 1.807) is 16.7 Å². The van der Waals surface area contributed by atoms with Gasteiger partial charge in [-0.2, -0.15) is 0 Å². The molecule has 4 rings (SSSR count).